The zero-order valence-electron chi connectivity index (χ0n) is 24.8. The Morgan fingerprint density at radius 3 is 2.22 bits per heavy atom. The first-order valence-electron chi connectivity index (χ1n) is 14.5. The van der Waals surface area contributed by atoms with E-state index >= 15 is 0 Å². The zero-order valence-corrected chi connectivity index (χ0v) is 25.7. The van der Waals surface area contributed by atoms with E-state index in [1.165, 1.54) is 26.4 Å². The highest BCUT2D eigenvalue weighted by Gasteiger charge is 2.56. The van der Waals surface area contributed by atoms with Gasteiger partial charge in [0.25, 0.3) is 0 Å². The molecule has 3 saturated heterocycles. The molecule has 0 amide bonds. The third-order valence-electron chi connectivity index (χ3n) is 8.94. The summed E-state index contributed by atoms with van der Waals surface area (Å²) in [6.45, 7) is 1.72. The Morgan fingerprint density at radius 1 is 0.891 bits per heavy atom. The number of carbonyl (C=O) groups is 1. The Balaban J connectivity index is 1.32. The average molecular weight is 669 g/mol. The number of fused-ring (bicyclic) bond motifs is 4. The number of phosphoric ester groups is 1. The predicted octanol–water partition coefficient (Wildman–Crippen LogP) is 1.10. The number of methoxy groups -OCH3 is 2. The summed E-state index contributed by atoms with van der Waals surface area (Å²) in [5, 5.41) is 22.0. The molecule has 5 aliphatic rings. The number of hydrogen-bond acceptors (Lipinski definition) is 14. The van der Waals surface area contributed by atoms with E-state index < -0.39 is 74.6 Å². The van der Waals surface area contributed by atoms with Crippen LogP contribution >= 0.6 is 7.82 Å². The van der Waals surface area contributed by atoms with Gasteiger partial charge in [0.05, 0.1) is 39.5 Å². The molecule has 10 atom stereocenters. The van der Waals surface area contributed by atoms with Gasteiger partial charge in [-0.1, -0.05) is 0 Å². The lowest BCUT2D eigenvalue weighted by Gasteiger charge is -2.47. The Morgan fingerprint density at radius 2 is 1.57 bits per heavy atom. The Labute approximate surface area is 262 Å². The van der Waals surface area contributed by atoms with Gasteiger partial charge in [0.1, 0.15) is 24.4 Å². The fourth-order valence-corrected chi connectivity index (χ4v) is 7.35. The van der Waals surface area contributed by atoms with E-state index in [9.17, 15) is 29.4 Å². The number of benzene rings is 2. The molecule has 0 aromatic heterocycles. The van der Waals surface area contributed by atoms with Crippen LogP contribution in [0.2, 0.25) is 0 Å². The molecular formula is C29H33O16P. The molecule has 0 saturated carbocycles. The second-order valence-corrected chi connectivity index (χ2v) is 12.7. The van der Waals surface area contributed by atoms with Crippen LogP contribution in [0.3, 0.4) is 0 Å². The topological polar surface area (TPSA) is 207 Å². The highest BCUT2D eigenvalue weighted by atomic mass is 31.2. The summed E-state index contributed by atoms with van der Waals surface area (Å²) in [5.41, 5.74) is 1.65. The van der Waals surface area contributed by atoms with Crippen LogP contribution in [0.1, 0.15) is 35.6 Å². The van der Waals surface area contributed by atoms with E-state index in [1.54, 1.807) is 19.1 Å². The number of hydrogen-bond donors (Lipinski definition) is 4. The van der Waals surface area contributed by atoms with Crippen LogP contribution < -0.4 is 23.5 Å². The summed E-state index contributed by atoms with van der Waals surface area (Å²) >= 11 is 0. The van der Waals surface area contributed by atoms with Crippen molar-refractivity contribution in [2.75, 3.05) is 34.2 Å². The third kappa shape index (κ3) is 5.37. The standard InChI is InChI=1S/C29H33O16P/c1-11-38-9-20-27(42-11)23(30)24(31)29(43-20)44-25-14-7-17-16(40-10-41-17)6-13(14)21(22-15(25)8-39-28(22)32)12-4-18(36-2)26(19(5-12)37-3)45-46(33,34)35/h4-7,11,15,20-25,27,29-31H,8-10H2,1-3H3,(H2,33,34,35)/t11-,15+,20-,21?,22+,23-,24-,25-,27-,29+/m1/s1. The maximum absolute atomic E-state index is 13.5. The molecule has 16 nitrogen and oxygen atoms in total. The first-order chi connectivity index (χ1) is 22.0. The van der Waals surface area contributed by atoms with E-state index in [0.29, 0.717) is 28.2 Å². The van der Waals surface area contributed by atoms with Crippen molar-refractivity contribution in [2.45, 2.75) is 55.9 Å². The number of aliphatic hydroxyl groups is 2. The van der Waals surface area contributed by atoms with Crippen molar-refractivity contribution in [1.82, 2.24) is 0 Å². The molecule has 4 aliphatic heterocycles. The number of aliphatic hydroxyl groups excluding tert-OH is 2. The van der Waals surface area contributed by atoms with Gasteiger partial charge >= 0.3 is 13.8 Å². The minimum atomic E-state index is -5.00. The summed E-state index contributed by atoms with van der Waals surface area (Å²) in [5.74, 6) is -2.25. The largest absolute Gasteiger partial charge is 0.525 e. The molecule has 1 unspecified atom stereocenters. The van der Waals surface area contributed by atoms with Crippen molar-refractivity contribution in [3.8, 4) is 28.7 Å². The zero-order chi connectivity index (χ0) is 32.5. The van der Waals surface area contributed by atoms with Gasteiger partial charge in [-0.05, 0) is 47.9 Å². The molecule has 4 N–H and O–H groups in total. The normalized spacial score (nSPS) is 34.6. The minimum Gasteiger partial charge on any atom is -0.493 e. The monoisotopic (exact) mass is 668 g/mol. The lowest BCUT2D eigenvalue weighted by Crippen LogP contribution is -2.63. The molecule has 1 aliphatic carbocycles. The Hall–Kier alpha value is -3.18. The molecule has 0 spiro atoms. The van der Waals surface area contributed by atoms with E-state index in [1.807, 2.05) is 0 Å². The van der Waals surface area contributed by atoms with Crippen LogP contribution in [0.5, 0.6) is 28.7 Å². The molecule has 17 heteroatoms. The van der Waals surface area contributed by atoms with E-state index in [2.05, 4.69) is 0 Å². The van der Waals surface area contributed by atoms with Crippen LogP contribution in [0.25, 0.3) is 0 Å². The molecule has 46 heavy (non-hydrogen) atoms. The number of phosphoric acid groups is 1. The molecular weight excluding hydrogens is 635 g/mol. The van der Waals surface area contributed by atoms with Gasteiger partial charge in [0.2, 0.25) is 12.5 Å². The van der Waals surface area contributed by atoms with E-state index in [-0.39, 0.29) is 37.3 Å². The minimum absolute atomic E-state index is 0.0303. The summed E-state index contributed by atoms with van der Waals surface area (Å²) in [7, 11) is -2.40. The van der Waals surface area contributed by atoms with Gasteiger partial charge in [-0.2, -0.15) is 0 Å². The number of carbonyl (C=O) groups excluding carboxylic acids is 1. The van der Waals surface area contributed by atoms with Crippen molar-refractivity contribution in [3.05, 3.63) is 41.0 Å². The van der Waals surface area contributed by atoms with Crippen molar-refractivity contribution >= 4 is 13.8 Å². The van der Waals surface area contributed by atoms with Crippen molar-refractivity contribution in [1.29, 1.82) is 0 Å². The SMILES string of the molecule is COc1cc(C2c3cc4c(cc3[C@@H](O[C@@H]3O[C@@H]5CO[C@@H](C)O[C@H]5[C@H](O)[C@H]3O)[C@H]3COC(=O)[C@H]23)OCO4)cc(OC)c1OP(=O)(O)O. The smallest absolute Gasteiger partial charge is 0.493 e. The van der Waals surface area contributed by atoms with Gasteiger partial charge in [-0.15, -0.1) is 0 Å². The van der Waals surface area contributed by atoms with Crippen LogP contribution in [-0.4, -0.2) is 97.2 Å². The van der Waals surface area contributed by atoms with E-state index in [0.717, 1.165) is 0 Å². The average Bonchev–Trinajstić information content (AvgIpc) is 3.64. The molecule has 4 heterocycles. The molecule has 3 fully saturated rings. The Bertz CT molecular complexity index is 1530. The maximum Gasteiger partial charge on any atom is 0.525 e. The van der Waals surface area contributed by atoms with Gasteiger partial charge in [-0.3, -0.25) is 14.6 Å². The summed E-state index contributed by atoms with van der Waals surface area (Å²) < 4.78 is 68.1. The summed E-state index contributed by atoms with van der Waals surface area (Å²) in [4.78, 5) is 32.5. The predicted molar refractivity (Wildman–Crippen MR) is 149 cm³/mol. The molecule has 0 bridgehead atoms. The first-order valence-corrected chi connectivity index (χ1v) is 16.1. The van der Waals surface area contributed by atoms with Crippen LogP contribution in [0, 0.1) is 11.8 Å². The van der Waals surface area contributed by atoms with Gasteiger partial charge in [0, 0.05) is 11.8 Å². The second-order valence-electron chi connectivity index (χ2n) is 11.6. The molecule has 250 valence electrons. The quantitative estimate of drug-likeness (QED) is 0.241. The molecule has 7 rings (SSSR count). The summed E-state index contributed by atoms with van der Waals surface area (Å²) in [6, 6.07) is 6.47. The fraction of sp³-hybridized carbons (Fsp3) is 0.552. The fourth-order valence-electron chi connectivity index (χ4n) is 6.93. The van der Waals surface area contributed by atoms with Gasteiger partial charge in [-0.25, -0.2) is 4.57 Å². The molecule has 2 aromatic rings. The lowest BCUT2D eigenvalue weighted by atomic mass is 9.66. The number of cyclic esters (lactones) is 1. The van der Waals surface area contributed by atoms with Crippen molar-refractivity contribution in [2.24, 2.45) is 11.8 Å². The van der Waals surface area contributed by atoms with Crippen molar-refractivity contribution in [3.63, 3.8) is 0 Å². The van der Waals surface area contributed by atoms with Crippen LogP contribution in [-0.2, 0) is 33.0 Å². The highest BCUT2D eigenvalue weighted by molar-refractivity contribution is 7.46. The second kappa shape index (κ2) is 11.8. The molecule has 2 aromatic carbocycles. The first kappa shape index (κ1) is 31.4. The molecule has 0 radical (unpaired) electrons. The van der Waals surface area contributed by atoms with E-state index in [4.69, 9.17) is 47.2 Å². The highest BCUT2D eigenvalue weighted by Crippen LogP contribution is 2.57. The van der Waals surface area contributed by atoms with Gasteiger partial charge in [0.15, 0.2) is 35.6 Å². The van der Waals surface area contributed by atoms with Gasteiger partial charge < -0.3 is 57.4 Å². The van der Waals surface area contributed by atoms with Crippen LogP contribution in [0.15, 0.2) is 24.3 Å². The summed E-state index contributed by atoms with van der Waals surface area (Å²) in [6.07, 6.45) is -7.18. The number of rotatable bonds is 7. The van der Waals surface area contributed by atoms with Crippen LogP contribution in [0.4, 0.5) is 0 Å². The number of ether oxygens (including phenoxy) is 9. The lowest BCUT2D eigenvalue weighted by molar-refractivity contribution is -0.364. The maximum atomic E-state index is 13.5. The Kier molecular flexibility index (Phi) is 8.07. The number of esters is 1. The third-order valence-corrected chi connectivity index (χ3v) is 9.36. The van der Waals surface area contributed by atoms with Crippen molar-refractivity contribution < 1.29 is 76.5 Å².